The van der Waals surface area contributed by atoms with Gasteiger partial charge in [0.25, 0.3) is 0 Å². The fourth-order valence-corrected chi connectivity index (χ4v) is 2.76. The Labute approximate surface area is 109 Å². The van der Waals surface area contributed by atoms with Gasteiger partial charge in [-0.1, -0.05) is 26.7 Å². The van der Waals surface area contributed by atoms with E-state index in [1.54, 1.807) is 11.8 Å². The van der Waals surface area contributed by atoms with Crippen LogP contribution in [0, 0.1) is 11.8 Å². The topological polar surface area (TPSA) is 49.4 Å². The number of piperazine rings is 1. The van der Waals surface area contributed by atoms with Crippen LogP contribution in [0.2, 0.25) is 0 Å². The molecule has 1 aliphatic carbocycles. The number of carbonyl (C=O) groups is 2. The minimum atomic E-state index is -0.367. The molecule has 1 heterocycles. The first-order valence-electron chi connectivity index (χ1n) is 7.11. The molecule has 1 saturated heterocycles. The van der Waals surface area contributed by atoms with Crippen LogP contribution in [0.25, 0.3) is 0 Å². The van der Waals surface area contributed by atoms with E-state index in [0.717, 1.165) is 18.9 Å². The van der Waals surface area contributed by atoms with Crippen LogP contribution in [0.15, 0.2) is 0 Å². The number of amides is 2. The minimum Gasteiger partial charge on any atom is -0.343 e. The van der Waals surface area contributed by atoms with E-state index >= 15 is 0 Å². The maximum absolute atomic E-state index is 12.2. The number of rotatable bonds is 5. The Kier molecular flexibility index (Phi) is 3.93. The number of nitrogens with one attached hydrogen (secondary N) is 1. The van der Waals surface area contributed by atoms with Crippen molar-refractivity contribution < 1.29 is 9.59 Å². The van der Waals surface area contributed by atoms with Crippen molar-refractivity contribution in [2.24, 2.45) is 11.8 Å². The molecule has 2 amide bonds. The molecule has 0 aromatic rings. The molecule has 2 rings (SSSR count). The fourth-order valence-electron chi connectivity index (χ4n) is 2.76. The highest BCUT2D eigenvalue weighted by Crippen LogP contribution is 2.33. The van der Waals surface area contributed by atoms with Crippen molar-refractivity contribution in [3.63, 3.8) is 0 Å². The average Bonchev–Trinajstić information content (AvgIpc) is 3.08. The zero-order valence-electron chi connectivity index (χ0n) is 11.6. The summed E-state index contributed by atoms with van der Waals surface area (Å²) in [4.78, 5) is 26.0. The molecule has 18 heavy (non-hydrogen) atoms. The third-order valence-corrected chi connectivity index (χ3v) is 3.96. The van der Waals surface area contributed by atoms with Gasteiger partial charge in [0.15, 0.2) is 0 Å². The van der Waals surface area contributed by atoms with E-state index in [1.165, 1.54) is 19.3 Å². The third-order valence-electron chi connectivity index (χ3n) is 3.96. The molecule has 0 spiro atoms. The first kappa shape index (κ1) is 13.4. The molecule has 0 bridgehead atoms. The first-order chi connectivity index (χ1) is 8.50. The van der Waals surface area contributed by atoms with Crippen LogP contribution in [0.3, 0.4) is 0 Å². The quantitative estimate of drug-likeness (QED) is 0.807. The van der Waals surface area contributed by atoms with Gasteiger partial charge in [-0.05, 0) is 31.6 Å². The predicted octanol–water partition coefficient (Wildman–Crippen LogP) is 1.55. The molecule has 1 N–H and O–H groups in total. The summed E-state index contributed by atoms with van der Waals surface area (Å²) in [7, 11) is 0. The van der Waals surface area contributed by atoms with Gasteiger partial charge < -0.3 is 10.2 Å². The average molecular weight is 252 g/mol. The molecule has 0 aromatic carbocycles. The van der Waals surface area contributed by atoms with E-state index in [2.05, 4.69) is 5.32 Å². The molecule has 2 fully saturated rings. The van der Waals surface area contributed by atoms with Gasteiger partial charge >= 0.3 is 0 Å². The Morgan fingerprint density at radius 3 is 2.56 bits per heavy atom. The summed E-state index contributed by atoms with van der Waals surface area (Å²) in [6.07, 6.45) is 4.92. The summed E-state index contributed by atoms with van der Waals surface area (Å²) in [5, 5.41) is 2.77. The lowest BCUT2D eigenvalue weighted by molar-refractivity contribution is -0.150. The Morgan fingerprint density at radius 1 is 1.33 bits per heavy atom. The molecular formula is C14H24N2O2. The molecule has 0 radical (unpaired) electrons. The largest absolute Gasteiger partial charge is 0.343 e. The summed E-state index contributed by atoms with van der Waals surface area (Å²) in [5.41, 5.74) is 0. The molecule has 102 valence electrons. The molecule has 1 saturated carbocycles. The molecule has 2 unspecified atom stereocenters. The minimum absolute atomic E-state index is 0.00326. The number of nitrogens with zero attached hydrogens (tertiary/aromatic N) is 1. The summed E-state index contributed by atoms with van der Waals surface area (Å²) in [6, 6.07) is -0.652. The Bertz CT molecular complexity index is 337. The van der Waals surface area contributed by atoms with Crippen LogP contribution in [0.1, 0.15) is 46.5 Å². The van der Waals surface area contributed by atoms with Crippen LogP contribution < -0.4 is 5.32 Å². The first-order valence-corrected chi connectivity index (χ1v) is 7.11. The van der Waals surface area contributed by atoms with Crippen molar-refractivity contribution in [1.29, 1.82) is 0 Å². The second kappa shape index (κ2) is 5.29. The summed E-state index contributed by atoms with van der Waals surface area (Å²) >= 11 is 0. The molecule has 4 heteroatoms. The molecular weight excluding hydrogens is 228 g/mol. The van der Waals surface area contributed by atoms with Gasteiger partial charge in [-0.25, -0.2) is 0 Å². The van der Waals surface area contributed by atoms with E-state index < -0.39 is 0 Å². The van der Waals surface area contributed by atoms with Crippen LogP contribution >= 0.6 is 0 Å². The maximum Gasteiger partial charge on any atom is 0.245 e. The predicted molar refractivity (Wildman–Crippen MR) is 69.9 cm³/mol. The van der Waals surface area contributed by atoms with Gasteiger partial charge in [0.1, 0.15) is 12.1 Å². The van der Waals surface area contributed by atoms with E-state index in [1.807, 2.05) is 13.8 Å². The number of carbonyl (C=O) groups excluding carboxylic acids is 2. The lowest BCUT2D eigenvalue weighted by Gasteiger charge is -2.40. The van der Waals surface area contributed by atoms with Crippen LogP contribution in [0.4, 0.5) is 0 Å². The Hall–Kier alpha value is -1.06. The van der Waals surface area contributed by atoms with Crippen molar-refractivity contribution in [1.82, 2.24) is 10.2 Å². The van der Waals surface area contributed by atoms with Gasteiger partial charge in [-0.3, -0.25) is 9.59 Å². The lowest BCUT2D eigenvalue weighted by Crippen LogP contribution is -2.64. The van der Waals surface area contributed by atoms with Crippen molar-refractivity contribution >= 4 is 11.8 Å². The van der Waals surface area contributed by atoms with Gasteiger partial charge in [0.05, 0.1) is 0 Å². The van der Waals surface area contributed by atoms with Gasteiger partial charge in [-0.2, -0.15) is 0 Å². The zero-order valence-corrected chi connectivity index (χ0v) is 11.6. The number of hydrogen-bond donors (Lipinski definition) is 1. The van der Waals surface area contributed by atoms with Crippen molar-refractivity contribution in [3.8, 4) is 0 Å². The molecule has 1 aliphatic heterocycles. The molecule has 2 atom stereocenters. The molecule has 2 aliphatic rings. The smallest absolute Gasteiger partial charge is 0.245 e. The van der Waals surface area contributed by atoms with E-state index in [-0.39, 0.29) is 29.8 Å². The van der Waals surface area contributed by atoms with E-state index in [9.17, 15) is 9.59 Å². The highest BCUT2D eigenvalue weighted by Gasteiger charge is 2.39. The number of hydrogen-bond acceptors (Lipinski definition) is 2. The monoisotopic (exact) mass is 252 g/mol. The second-order valence-corrected chi connectivity index (χ2v) is 6.04. The van der Waals surface area contributed by atoms with Crippen LogP contribution in [-0.2, 0) is 9.59 Å². The van der Waals surface area contributed by atoms with Gasteiger partial charge in [0, 0.05) is 6.54 Å². The zero-order chi connectivity index (χ0) is 13.3. The SMILES string of the molecule is CC1NC(=O)C(C(C)C)N(CCCC2CC2)C1=O. The van der Waals surface area contributed by atoms with Gasteiger partial charge in [-0.15, -0.1) is 0 Å². The van der Waals surface area contributed by atoms with E-state index in [0.29, 0.717) is 0 Å². The van der Waals surface area contributed by atoms with Crippen molar-refractivity contribution in [2.75, 3.05) is 6.54 Å². The Balaban J connectivity index is 1.98. The highest BCUT2D eigenvalue weighted by molar-refractivity contribution is 5.96. The fraction of sp³-hybridized carbons (Fsp3) is 0.857. The summed E-state index contributed by atoms with van der Waals surface area (Å²) in [5.74, 6) is 1.13. The molecule has 4 nitrogen and oxygen atoms in total. The van der Waals surface area contributed by atoms with Crippen LogP contribution in [0.5, 0.6) is 0 Å². The normalized spacial score (nSPS) is 28.8. The second-order valence-electron chi connectivity index (χ2n) is 6.04. The lowest BCUT2D eigenvalue weighted by atomic mass is 9.97. The maximum atomic E-state index is 12.2. The standard InChI is InChI=1S/C14H24N2O2/c1-9(2)12-13(17)15-10(3)14(18)16(12)8-4-5-11-6-7-11/h9-12H,4-8H2,1-3H3,(H,15,17). The highest BCUT2D eigenvalue weighted by atomic mass is 16.2. The van der Waals surface area contributed by atoms with Crippen molar-refractivity contribution in [3.05, 3.63) is 0 Å². The summed E-state index contributed by atoms with van der Waals surface area (Å²) < 4.78 is 0. The molecule has 0 aromatic heterocycles. The van der Waals surface area contributed by atoms with Crippen molar-refractivity contribution in [2.45, 2.75) is 58.5 Å². The third kappa shape index (κ3) is 2.85. The van der Waals surface area contributed by atoms with Crippen LogP contribution in [-0.4, -0.2) is 35.3 Å². The van der Waals surface area contributed by atoms with E-state index in [4.69, 9.17) is 0 Å². The van der Waals surface area contributed by atoms with Gasteiger partial charge in [0.2, 0.25) is 11.8 Å². The summed E-state index contributed by atoms with van der Waals surface area (Å²) in [6.45, 7) is 6.50. The Morgan fingerprint density at radius 2 is 2.00 bits per heavy atom.